The minimum Gasteiger partial charge on any atom is -0.496 e. The van der Waals surface area contributed by atoms with Gasteiger partial charge in [0.15, 0.2) is 0 Å². The summed E-state index contributed by atoms with van der Waals surface area (Å²) >= 11 is 0. The topological polar surface area (TPSA) is 102 Å². The molecule has 1 aliphatic rings. The number of ether oxygens (including phenoxy) is 1. The van der Waals surface area contributed by atoms with E-state index in [1.807, 2.05) is 43.1 Å². The number of fused-ring (bicyclic) bond motifs is 1. The van der Waals surface area contributed by atoms with E-state index in [1.165, 1.54) is 0 Å². The molecule has 8 nitrogen and oxygen atoms in total. The second-order valence-electron chi connectivity index (χ2n) is 8.38. The molecular formula is C24H30N4O4. The molecule has 32 heavy (non-hydrogen) atoms. The molecule has 2 aromatic heterocycles. The summed E-state index contributed by atoms with van der Waals surface area (Å²) in [6, 6.07) is 4.85. The largest absolute Gasteiger partial charge is 0.496 e. The quantitative estimate of drug-likeness (QED) is 0.521. The Labute approximate surface area is 187 Å². The highest BCUT2D eigenvalue weighted by Gasteiger charge is 2.32. The number of pyridine rings is 1. The van der Waals surface area contributed by atoms with E-state index in [0.717, 1.165) is 57.7 Å². The summed E-state index contributed by atoms with van der Waals surface area (Å²) in [6.07, 6.45) is 3.62. The van der Waals surface area contributed by atoms with Crippen molar-refractivity contribution in [1.29, 1.82) is 0 Å². The molecule has 0 aliphatic carbocycles. The number of H-pyrrole nitrogens is 1. The Balaban J connectivity index is 1.50. The molecule has 1 atom stereocenters. The second-order valence-corrected chi connectivity index (χ2v) is 8.38. The van der Waals surface area contributed by atoms with E-state index in [9.17, 15) is 15.0 Å². The number of aromatic amines is 1. The predicted molar refractivity (Wildman–Crippen MR) is 122 cm³/mol. The van der Waals surface area contributed by atoms with Crippen LogP contribution in [0.2, 0.25) is 0 Å². The minimum absolute atomic E-state index is 0.0752. The highest BCUT2D eigenvalue weighted by Crippen LogP contribution is 2.31. The number of carboxylic acid groups (broad SMARTS) is 1. The van der Waals surface area contributed by atoms with E-state index in [4.69, 9.17) is 4.74 Å². The van der Waals surface area contributed by atoms with Crippen LogP contribution in [-0.2, 0) is 17.9 Å². The van der Waals surface area contributed by atoms with Crippen LogP contribution < -0.4 is 4.74 Å². The average molecular weight is 439 g/mol. The van der Waals surface area contributed by atoms with Crippen LogP contribution >= 0.6 is 0 Å². The van der Waals surface area contributed by atoms with Crippen molar-refractivity contribution >= 4 is 16.9 Å². The number of carboxylic acids is 1. The molecule has 0 spiro atoms. The van der Waals surface area contributed by atoms with E-state index in [-0.39, 0.29) is 6.61 Å². The molecule has 1 fully saturated rings. The first-order valence-electron chi connectivity index (χ1n) is 10.8. The predicted octanol–water partition coefficient (Wildman–Crippen LogP) is 2.62. The van der Waals surface area contributed by atoms with E-state index >= 15 is 0 Å². The number of rotatable bonds is 7. The number of benzene rings is 1. The summed E-state index contributed by atoms with van der Waals surface area (Å²) in [5.74, 6) is 0.00990. The molecular weight excluding hydrogens is 408 g/mol. The molecule has 1 aromatic carbocycles. The molecule has 3 aromatic rings. The average Bonchev–Trinajstić information content (AvgIpc) is 3.20. The molecule has 8 heteroatoms. The molecule has 1 aliphatic heterocycles. The molecule has 3 N–H and O–H groups in total. The lowest BCUT2D eigenvalue weighted by atomic mass is 10.0. The van der Waals surface area contributed by atoms with Gasteiger partial charge >= 0.3 is 5.97 Å². The van der Waals surface area contributed by atoms with Gasteiger partial charge in [-0.25, -0.2) is 0 Å². The van der Waals surface area contributed by atoms with Crippen LogP contribution in [0, 0.1) is 13.8 Å². The standard InChI is InChI=1S/C24H30N4O4/c1-15-11-25-21(16(2)23(15)32-3)13-27-6-8-28(9-7-27)22(24(30)31)19-12-26-20-5-4-17(14-29)10-18(19)20/h4-5,10-12,22,26,29H,6-9,13-14H2,1-3H3,(H,30,31)/t22-/m0/s1. The van der Waals surface area contributed by atoms with Gasteiger partial charge in [-0.2, -0.15) is 0 Å². The van der Waals surface area contributed by atoms with E-state index in [0.29, 0.717) is 19.6 Å². The molecule has 3 heterocycles. The SMILES string of the molecule is COc1c(C)cnc(CN2CCN([C@H](C(=O)O)c3c[nH]c4ccc(CO)cc34)CC2)c1C. The van der Waals surface area contributed by atoms with Crippen molar-refractivity contribution in [3.05, 3.63) is 58.5 Å². The molecule has 4 rings (SSSR count). The van der Waals surface area contributed by atoms with E-state index < -0.39 is 12.0 Å². The number of methoxy groups -OCH3 is 1. The van der Waals surface area contributed by atoms with Crippen LogP contribution in [0.4, 0.5) is 0 Å². The monoisotopic (exact) mass is 438 g/mol. The Bertz CT molecular complexity index is 1120. The highest BCUT2D eigenvalue weighted by molar-refractivity contribution is 5.89. The van der Waals surface area contributed by atoms with Crippen molar-refractivity contribution in [2.24, 2.45) is 0 Å². The van der Waals surface area contributed by atoms with Gasteiger partial charge in [-0.15, -0.1) is 0 Å². The van der Waals surface area contributed by atoms with Crippen molar-refractivity contribution in [1.82, 2.24) is 19.8 Å². The summed E-state index contributed by atoms with van der Waals surface area (Å²) in [5.41, 5.74) is 5.43. The first-order valence-corrected chi connectivity index (χ1v) is 10.8. The van der Waals surface area contributed by atoms with Crippen molar-refractivity contribution in [2.45, 2.75) is 33.0 Å². The lowest BCUT2D eigenvalue weighted by Gasteiger charge is -2.37. The fraction of sp³-hybridized carbons (Fsp3) is 0.417. The summed E-state index contributed by atoms with van der Waals surface area (Å²) in [4.78, 5) is 24.4. The van der Waals surface area contributed by atoms with Gasteiger partial charge in [0, 0.05) is 72.7 Å². The number of aliphatic carboxylic acids is 1. The number of aromatic nitrogens is 2. The third-order valence-electron chi connectivity index (χ3n) is 6.38. The van der Waals surface area contributed by atoms with Gasteiger partial charge in [0.2, 0.25) is 0 Å². The van der Waals surface area contributed by atoms with Gasteiger partial charge in [0.1, 0.15) is 11.8 Å². The first kappa shape index (κ1) is 22.3. The van der Waals surface area contributed by atoms with Crippen LogP contribution in [0.25, 0.3) is 10.9 Å². The third-order valence-corrected chi connectivity index (χ3v) is 6.38. The second kappa shape index (κ2) is 9.28. The van der Waals surface area contributed by atoms with Gasteiger partial charge in [0.25, 0.3) is 0 Å². The summed E-state index contributed by atoms with van der Waals surface area (Å²) in [5, 5.41) is 20.4. The summed E-state index contributed by atoms with van der Waals surface area (Å²) < 4.78 is 5.52. The number of aliphatic hydroxyl groups is 1. The maximum atomic E-state index is 12.3. The molecule has 170 valence electrons. The minimum atomic E-state index is -0.866. The maximum Gasteiger partial charge on any atom is 0.325 e. The van der Waals surface area contributed by atoms with Crippen LogP contribution in [0.15, 0.2) is 30.6 Å². The summed E-state index contributed by atoms with van der Waals surface area (Å²) in [7, 11) is 1.68. The number of aryl methyl sites for hydroxylation is 1. The molecule has 0 saturated carbocycles. The Hall–Kier alpha value is -2.94. The Kier molecular flexibility index (Phi) is 6.45. The number of piperazine rings is 1. The zero-order chi connectivity index (χ0) is 22.8. The van der Waals surface area contributed by atoms with E-state index in [2.05, 4.69) is 14.9 Å². The van der Waals surface area contributed by atoms with Crippen LogP contribution in [0.3, 0.4) is 0 Å². The molecule has 0 bridgehead atoms. The fourth-order valence-corrected chi connectivity index (χ4v) is 4.62. The number of nitrogens with zero attached hydrogens (tertiary/aromatic N) is 3. The molecule has 0 unspecified atom stereocenters. The van der Waals surface area contributed by atoms with Gasteiger partial charge < -0.3 is 19.9 Å². The zero-order valence-electron chi connectivity index (χ0n) is 18.8. The number of hydrogen-bond donors (Lipinski definition) is 3. The van der Waals surface area contributed by atoms with Gasteiger partial charge in [0.05, 0.1) is 19.4 Å². The zero-order valence-corrected chi connectivity index (χ0v) is 18.8. The van der Waals surface area contributed by atoms with Crippen LogP contribution in [-0.4, -0.2) is 69.2 Å². The van der Waals surface area contributed by atoms with Gasteiger partial charge in [-0.1, -0.05) is 6.07 Å². The maximum absolute atomic E-state index is 12.3. The van der Waals surface area contributed by atoms with Gasteiger partial charge in [-0.3, -0.25) is 19.6 Å². The normalized spacial score (nSPS) is 16.4. The number of carbonyl (C=O) groups is 1. The van der Waals surface area contributed by atoms with Crippen LogP contribution in [0.1, 0.15) is 34.0 Å². The highest BCUT2D eigenvalue weighted by atomic mass is 16.5. The van der Waals surface area contributed by atoms with Crippen molar-refractivity contribution < 1.29 is 19.7 Å². The molecule has 0 amide bonds. The van der Waals surface area contributed by atoms with Crippen molar-refractivity contribution in [3.63, 3.8) is 0 Å². The summed E-state index contributed by atoms with van der Waals surface area (Å²) in [6.45, 7) is 7.45. The lowest BCUT2D eigenvalue weighted by Crippen LogP contribution is -2.49. The first-order chi connectivity index (χ1) is 15.4. The third kappa shape index (κ3) is 4.21. The van der Waals surface area contributed by atoms with Gasteiger partial charge in [-0.05, 0) is 31.5 Å². The Morgan fingerprint density at radius 3 is 2.66 bits per heavy atom. The number of hydrogen-bond acceptors (Lipinski definition) is 6. The van der Waals surface area contributed by atoms with Crippen molar-refractivity contribution in [2.75, 3.05) is 33.3 Å². The van der Waals surface area contributed by atoms with Crippen molar-refractivity contribution in [3.8, 4) is 5.75 Å². The number of aliphatic hydroxyl groups excluding tert-OH is 1. The molecule has 0 radical (unpaired) electrons. The van der Waals surface area contributed by atoms with Crippen LogP contribution in [0.5, 0.6) is 5.75 Å². The lowest BCUT2D eigenvalue weighted by molar-refractivity contribution is -0.144. The molecule has 1 saturated heterocycles. The number of nitrogens with one attached hydrogen (secondary N) is 1. The fourth-order valence-electron chi connectivity index (χ4n) is 4.62. The van der Waals surface area contributed by atoms with E-state index in [1.54, 1.807) is 13.3 Å². The Morgan fingerprint density at radius 1 is 1.25 bits per heavy atom. The smallest absolute Gasteiger partial charge is 0.325 e. The Morgan fingerprint density at radius 2 is 2.00 bits per heavy atom.